The second-order valence-corrected chi connectivity index (χ2v) is 10.2. The molecule has 0 bridgehead atoms. The van der Waals surface area contributed by atoms with E-state index in [1.165, 1.54) is 0 Å². The smallest absolute Gasteiger partial charge is 0.336 e. The Labute approximate surface area is 232 Å². The van der Waals surface area contributed by atoms with Crippen molar-refractivity contribution in [3.8, 4) is 5.75 Å². The van der Waals surface area contributed by atoms with Crippen LogP contribution in [0.15, 0.2) is 72.8 Å². The summed E-state index contributed by atoms with van der Waals surface area (Å²) < 4.78 is 18.0. The molecule has 0 aliphatic carbocycles. The molecule has 0 unspecified atom stereocenters. The quantitative estimate of drug-likeness (QED) is 0.237. The lowest BCUT2D eigenvalue weighted by Gasteiger charge is -2.28. The Hall–Kier alpha value is -3.71. The van der Waals surface area contributed by atoms with Crippen LogP contribution in [0.2, 0.25) is 5.02 Å². The summed E-state index contributed by atoms with van der Waals surface area (Å²) in [7, 11) is 0. The van der Waals surface area contributed by atoms with Crippen LogP contribution in [0.3, 0.4) is 0 Å². The number of aromatic carboxylic acids is 1. The van der Waals surface area contributed by atoms with Gasteiger partial charge in [0.05, 0.1) is 36.1 Å². The molecule has 1 aliphatic heterocycles. The summed E-state index contributed by atoms with van der Waals surface area (Å²) >= 11 is 6.13. The Morgan fingerprint density at radius 1 is 1.05 bits per heavy atom. The number of aryl methyl sites for hydroxylation is 1. The number of aromatic nitrogens is 1. The Balaban J connectivity index is 1.37. The minimum absolute atomic E-state index is 0.0436. The summed E-state index contributed by atoms with van der Waals surface area (Å²) in [6, 6.07) is 22.9. The van der Waals surface area contributed by atoms with Gasteiger partial charge in [-0.3, -0.25) is 0 Å². The second-order valence-electron chi connectivity index (χ2n) is 9.77. The lowest BCUT2D eigenvalue weighted by Crippen LogP contribution is -2.28. The number of fused-ring (bicyclic) bond motifs is 1. The maximum absolute atomic E-state index is 12.0. The lowest BCUT2D eigenvalue weighted by molar-refractivity contribution is -0.170. The summed E-state index contributed by atoms with van der Waals surface area (Å²) in [6.07, 6.45) is 4.85. The molecule has 5 rings (SSSR count). The molecule has 2 heterocycles. The summed E-state index contributed by atoms with van der Waals surface area (Å²) in [6.45, 7) is 4.75. The summed E-state index contributed by atoms with van der Waals surface area (Å²) in [5, 5.41) is 11.5. The Bertz CT molecular complexity index is 1520. The number of nitrogens with zero attached hydrogens (tertiary/aromatic N) is 1. The van der Waals surface area contributed by atoms with Crippen LogP contribution in [0.4, 0.5) is 0 Å². The summed E-state index contributed by atoms with van der Waals surface area (Å²) in [4.78, 5) is 16.7. The average molecular weight is 544 g/mol. The molecule has 6 nitrogen and oxygen atoms in total. The van der Waals surface area contributed by atoms with Gasteiger partial charge < -0.3 is 19.3 Å². The van der Waals surface area contributed by atoms with E-state index in [0.717, 1.165) is 27.7 Å². The van der Waals surface area contributed by atoms with Gasteiger partial charge in [0.1, 0.15) is 5.75 Å². The fraction of sp³-hybridized carbons (Fsp3) is 0.250. The van der Waals surface area contributed by atoms with Gasteiger partial charge in [-0.05, 0) is 73.9 Å². The van der Waals surface area contributed by atoms with Crippen LogP contribution in [0.25, 0.3) is 23.1 Å². The van der Waals surface area contributed by atoms with Crippen molar-refractivity contribution in [3.05, 3.63) is 106 Å². The first-order valence-electron chi connectivity index (χ1n) is 13.0. The van der Waals surface area contributed by atoms with Crippen molar-refractivity contribution < 1.29 is 24.1 Å². The third-order valence-corrected chi connectivity index (χ3v) is 6.84. The number of rotatable bonds is 9. The molecule has 0 radical (unpaired) electrons. The van der Waals surface area contributed by atoms with Crippen LogP contribution in [-0.2, 0) is 21.7 Å². The van der Waals surface area contributed by atoms with Crippen molar-refractivity contribution in [2.45, 2.75) is 38.6 Å². The zero-order valence-electron chi connectivity index (χ0n) is 21.9. The van der Waals surface area contributed by atoms with Crippen LogP contribution < -0.4 is 4.74 Å². The molecule has 4 aromatic rings. The average Bonchev–Trinajstić information content (AvgIpc) is 3.41. The topological polar surface area (TPSA) is 77.9 Å². The van der Waals surface area contributed by atoms with E-state index in [9.17, 15) is 9.90 Å². The third kappa shape index (κ3) is 6.31. The van der Waals surface area contributed by atoms with Gasteiger partial charge in [-0.25, -0.2) is 9.78 Å². The first-order chi connectivity index (χ1) is 18.8. The largest absolute Gasteiger partial charge is 0.491 e. The van der Waals surface area contributed by atoms with E-state index in [0.29, 0.717) is 42.4 Å². The Morgan fingerprint density at radius 3 is 2.62 bits per heavy atom. The highest BCUT2D eigenvalue weighted by Gasteiger charge is 2.38. The summed E-state index contributed by atoms with van der Waals surface area (Å²) in [5.74, 6) is -1.40. The number of benzene rings is 3. The zero-order chi connectivity index (χ0) is 27.4. The SMILES string of the molecule is CC(C)Oc1ccc(CCC2(c3cccc(/C=C/c4ccc5ccc(Cl)cc5n4)c3)OCCO2)c(C(=O)O)c1. The standard InChI is InChI=1S/C32H30ClNO5/c1-21(2)39-28-13-9-23(29(20-28)31(35)36)14-15-32(37-16-17-38-32)25-5-3-4-22(18-25)6-11-27-12-8-24-7-10-26(33)19-30(24)34-27/h3-13,18-21H,14-17H2,1-2H3,(H,35,36)/b11-6+. The van der Waals surface area contributed by atoms with Gasteiger partial charge in [-0.2, -0.15) is 0 Å². The van der Waals surface area contributed by atoms with Gasteiger partial charge >= 0.3 is 5.97 Å². The highest BCUT2D eigenvalue weighted by molar-refractivity contribution is 6.31. The first kappa shape index (κ1) is 26.9. The minimum atomic E-state index is -0.988. The van der Waals surface area contributed by atoms with Crippen LogP contribution in [0, 0.1) is 0 Å². The van der Waals surface area contributed by atoms with Crippen LogP contribution in [0.1, 0.15) is 53.0 Å². The molecule has 0 spiro atoms. The maximum Gasteiger partial charge on any atom is 0.336 e. The normalized spacial score (nSPS) is 14.9. The molecule has 7 heteroatoms. The number of pyridine rings is 1. The fourth-order valence-corrected chi connectivity index (χ4v) is 4.95. The predicted molar refractivity (Wildman–Crippen MR) is 153 cm³/mol. The van der Waals surface area contributed by atoms with E-state index in [1.807, 2.05) is 92.7 Å². The van der Waals surface area contributed by atoms with Crippen LogP contribution in [0.5, 0.6) is 5.75 Å². The first-order valence-corrected chi connectivity index (χ1v) is 13.3. The monoisotopic (exact) mass is 543 g/mol. The Kier molecular flexibility index (Phi) is 7.98. The molecule has 1 N–H and O–H groups in total. The number of halogens is 1. The van der Waals surface area contributed by atoms with Crippen molar-refractivity contribution >= 4 is 40.6 Å². The van der Waals surface area contributed by atoms with E-state index in [4.69, 9.17) is 30.8 Å². The van der Waals surface area contributed by atoms with Gasteiger partial charge in [-0.1, -0.05) is 54.1 Å². The van der Waals surface area contributed by atoms with E-state index >= 15 is 0 Å². The molecule has 200 valence electrons. The van der Waals surface area contributed by atoms with Gasteiger partial charge in [0.25, 0.3) is 0 Å². The zero-order valence-corrected chi connectivity index (χ0v) is 22.6. The third-order valence-electron chi connectivity index (χ3n) is 6.61. The number of ether oxygens (including phenoxy) is 3. The number of hydrogen-bond donors (Lipinski definition) is 1. The van der Waals surface area contributed by atoms with Crippen molar-refractivity contribution in [2.75, 3.05) is 13.2 Å². The molecule has 1 aliphatic rings. The number of carbonyl (C=O) groups is 1. The molecular formula is C32H30ClNO5. The van der Waals surface area contributed by atoms with Gasteiger partial charge in [0.15, 0.2) is 5.79 Å². The van der Waals surface area contributed by atoms with Crippen LogP contribution >= 0.6 is 11.6 Å². The number of carboxylic acids is 1. The maximum atomic E-state index is 12.0. The minimum Gasteiger partial charge on any atom is -0.491 e. The predicted octanol–water partition coefficient (Wildman–Crippen LogP) is 7.38. The van der Waals surface area contributed by atoms with Crippen molar-refractivity contribution in [3.63, 3.8) is 0 Å². The summed E-state index contributed by atoms with van der Waals surface area (Å²) in [5.41, 5.74) is 4.45. The highest BCUT2D eigenvalue weighted by Crippen LogP contribution is 2.37. The van der Waals surface area contributed by atoms with E-state index < -0.39 is 11.8 Å². The molecule has 3 aromatic carbocycles. The molecular weight excluding hydrogens is 514 g/mol. The van der Waals surface area contributed by atoms with Gasteiger partial charge in [-0.15, -0.1) is 0 Å². The van der Waals surface area contributed by atoms with E-state index in [-0.39, 0.29) is 11.7 Å². The number of hydrogen-bond acceptors (Lipinski definition) is 5. The molecule has 39 heavy (non-hydrogen) atoms. The Morgan fingerprint density at radius 2 is 1.85 bits per heavy atom. The van der Waals surface area contributed by atoms with Gasteiger partial charge in [0, 0.05) is 22.4 Å². The molecule has 0 atom stereocenters. The molecule has 1 saturated heterocycles. The molecule has 1 aromatic heterocycles. The molecule has 0 saturated carbocycles. The van der Waals surface area contributed by atoms with Gasteiger partial charge in [0.2, 0.25) is 0 Å². The fourth-order valence-electron chi connectivity index (χ4n) is 4.79. The highest BCUT2D eigenvalue weighted by atomic mass is 35.5. The molecule has 0 amide bonds. The van der Waals surface area contributed by atoms with Crippen molar-refractivity contribution in [2.24, 2.45) is 0 Å². The van der Waals surface area contributed by atoms with Crippen LogP contribution in [-0.4, -0.2) is 35.4 Å². The van der Waals surface area contributed by atoms with E-state index in [1.54, 1.807) is 6.07 Å². The van der Waals surface area contributed by atoms with Crippen molar-refractivity contribution in [1.82, 2.24) is 4.98 Å². The second kappa shape index (κ2) is 11.6. The number of carboxylic acid groups (broad SMARTS) is 1. The lowest BCUT2D eigenvalue weighted by atomic mass is 9.94. The van der Waals surface area contributed by atoms with E-state index in [2.05, 4.69) is 0 Å². The van der Waals surface area contributed by atoms with Crippen molar-refractivity contribution in [1.29, 1.82) is 0 Å². The molecule has 1 fully saturated rings.